The van der Waals surface area contributed by atoms with Crippen molar-refractivity contribution >= 4 is 23.4 Å². The average Bonchev–Trinajstić information content (AvgIpc) is 3.40. The summed E-state index contributed by atoms with van der Waals surface area (Å²) in [5.74, 6) is -1.57. The Hall–Kier alpha value is -2.65. The van der Waals surface area contributed by atoms with Crippen molar-refractivity contribution in [2.45, 2.75) is 43.9 Å². The Morgan fingerprint density at radius 2 is 2.03 bits per heavy atom. The van der Waals surface area contributed by atoms with Crippen molar-refractivity contribution in [3.05, 3.63) is 24.3 Å². The summed E-state index contributed by atoms with van der Waals surface area (Å²) >= 11 is 0. The number of nitrogens with one attached hydrogen (secondary N) is 2. The van der Waals surface area contributed by atoms with Crippen LogP contribution in [0.25, 0.3) is 0 Å². The van der Waals surface area contributed by atoms with Gasteiger partial charge < -0.3 is 30.1 Å². The first-order valence-electron chi connectivity index (χ1n) is 10.8. The SMILES string of the molecule is CCCNC(=O)[C@@H]1[C@H]2C(=O)N(CCO)C(C(=O)Nc3ccc(OC)cc3)C23CC[C@H]1O3. The summed E-state index contributed by atoms with van der Waals surface area (Å²) < 4.78 is 11.4. The lowest BCUT2D eigenvalue weighted by Crippen LogP contribution is -2.53. The molecule has 3 fully saturated rings. The summed E-state index contributed by atoms with van der Waals surface area (Å²) in [4.78, 5) is 41.0. The van der Waals surface area contributed by atoms with Crippen molar-refractivity contribution in [2.24, 2.45) is 11.8 Å². The van der Waals surface area contributed by atoms with Crippen LogP contribution in [0.4, 0.5) is 5.69 Å². The van der Waals surface area contributed by atoms with Gasteiger partial charge in [0.15, 0.2) is 0 Å². The van der Waals surface area contributed by atoms with Gasteiger partial charge >= 0.3 is 0 Å². The number of carbonyl (C=O) groups is 3. The van der Waals surface area contributed by atoms with E-state index in [1.807, 2.05) is 6.92 Å². The molecule has 0 aliphatic carbocycles. The number of benzene rings is 1. The molecule has 9 nitrogen and oxygen atoms in total. The first-order chi connectivity index (χ1) is 15.0. The number of hydrogen-bond acceptors (Lipinski definition) is 6. The minimum atomic E-state index is -1.05. The molecule has 1 aromatic carbocycles. The highest BCUT2D eigenvalue weighted by atomic mass is 16.5. The molecular weight excluding hydrogens is 402 g/mol. The third-order valence-corrected chi connectivity index (χ3v) is 6.60. The van der Waals surface area contributed by atoms with Gasteiger partial charge in [0.25, 0.3) is 0 Å². The molecule has 2 bridgehead atoms. The van der Waals surface area contributed by atoms with E-state index in [-0.39, 0.29) is 37.0 Å². The lowest BCUT2D eigenvalue weighted by molar-refractivity contribution is -0.141. The maximum Gasteiger partial charge on any atom is 0.250 e. The van der Waals surface area contributed by atoms with Crippen LogP contribution in [0.2, 0.25) is 0 Å². The zero-order valence-electron chi connectivity index (χ0n) is 17.8. The maximum absolute atomic E-state index is 13.4. The van der Waals surface area contributed by atoms with Crippen molar-refractivity contribution in [3.63, 3.8) is 0 Å². The van der Waals surface area contributed by atoms with Crippen molar-refractivity contribution in [2.75, 3.05) is 32.1 Å². The average molecular weight is 431 g/mol. The van der Waals surface area contributed by atoms with E-state index in [2.05, 4.69) is 10.6 Å². The fourth-order valence-electron chi connectivity index (χ4n) is 5.35. The highest BCUT2D eigenvalue weighted by molar-refractivity contribution is 6.03. The predicted octanol–water partition coefficient (Wildman–Crippen LogP) is 0.527. The third-order valence-electron chi connectivity index (χ3n) is 6.60. The Morgan fingerprint density at radius 3 is 2.68 bits per heavy atom. The molecule has 1 aromatic rings. The number of nitrogens with zero attached hydrogens (tertiary/aromatic N) is 1. The second-order valence-corrected chi connectivity index (χ2v) is 8.32. The van der Waals surface area contributed by atoms with E-state index >= 15 is 0 Å². The van der Waals surface area contributed by atoms with Gasteiger partial charge in [-0.25, -0.2) is 0 Å². The van der Waals surface area contributed by atoms with E-state index in [4.69, 9.17) is 9.47 Å². The van der Waals surface area contributed by atoms with Gasteiger partial charge in [0.2, 0.25) is 17.7 Å². The number of methoxy groups -OCH3 is 1. The molecule has 168 valence electrons. The fourth-order valence-corrected chi connectivity index (χ4v) is 5.35. The summed E-state index contributed by atoms with van der Waals surface area (Å²) in [5, 5.41) is 15.3. The van der Waals surface area contributed by atoms with E-state index in [9.17, 15) is 19.5 Å². The number of fused-ring (bicyclic) bond motifs is 1. The largest absolute Gasteiger partial charge is 0.497 e. The zero-order valence-corrected chi connectivity index (χ0v) is 17.8. The van der Waals surface area contributed by atoms with Crippen LogP contribution in [0, 0.1) is 11.8 Å². The predicted molar refractivity (Wildman–Crippen MR) is 111 cm³/mol. The van der Waals surface area contributed by atoms with Crippen LogP contribution in [0.5, 0.6) is 5.75 Å². The highest BCUT2D eigenvalue weighted by Gasteiger charge is 2.74. The normalized spacial score (nSPS) is 30.9. The van der Waals surface area contributed by atoms with Crippen LogP contribution < -0.4 is 15.4 Å². The van der Waals surface area contributed by atoms with Crippen LogP contribution in [0.3, 0.4) is 0 Å². The van der Waals surface area contributed by atoms with Crippen molar-refractivity contribution in [1.82, 2.24) is 10.2 Å². The van der Waals surface area contributed by atoms with E-state index in [1.54, 1.807) is 31.4 Å². The minimum absolute atomic E-state index is 0.00904. The molecule has 3 amide bonds. The van der Waals surface area contributed by atoms with Gasteiger partial charge in [-0.3, -0.25) is 14.4 Å². The molecular formula is C22H29N3O6. The monoisotopic (exact) mass is 431 g/mol. The molecule has 3 heterocycles. The number of anilines is 1. The number of amides is 3. The van der Waals surface area contributed by atoms with Crippen molar-refractivity contribution in [3.8, 4) is 5.75 Å². The van der Waals surface area contributed by atoms with Gasteiger partial charge in [0.05, 0.1) is 31.7 Å². The Kier molecular flexibility index (Phi) is 5.90. The molecule has 1 spiro atoms. The third kappa shape index (κ3) is 3.45. The highest BCUT2D eigenvalue weighted by Crippen LogP contribution is 2.58. The molecule has 3 aliphatic heterocycles. The van der Waals surface area contributed by atoms with Gasteiger partial charge in [-0.15, -0.1) is 0 Å². The summed E-state index contributed by atoms with van der Waals surface area (Å²) in [6.45, 7) is 2.21. The second-order valence-electron chi connectivity index (χ2n) is 8.32. The Bertz CT molecular complexity index is 859. The Morgan fingerprint density at radius 1 is 1.29 bits per heavy atom. The lowest BCUT2D eigenvalue weighted by atomic mass is 9.70. The molecule has 2 unspecified atom stereocenters. The van der Waals surface area contributed by atoms with Gasteiger partial charge in [-0.2, -0.15) is 0 Å². The first-order valence-corrected chi connectivity index (χ1v) is 10.8. The standard InChI is InChI=1S/C22H29N3O6/c1-3-10-23-19(27)16-15-8-9-22(31-15)17(16)21(29)25(11-12-26)18(22)20(28)24-13-4-6-14(30-2)7-5-13/h4-7,15-18,26H,3,8-12H2,1-2H3,(H,23,27)(H,24,28)/t15-,16+,17+,18?,22?/m1/s1. The van der Waals surface area contributed by atoms with Crippen molar-refractivity contribution in [1.29, 1.82) is 0 Å². The van der Waals surface area contributed by atoms with E-state index in [0.29, 0.717) is 30.8 Å². The van der Waals surface area contributed by atoms with E-state index < -0.39 is 23.5 Å². The van der Waals surface area contributed by atoms with Crippen LogP contribution in [0.15, 0.2) is 24.3 Å². The number of ether oxygens (including phenoxy) is 2. The molecule has 3 saturated heterocycles. The summed E-state index contributed by atoms with van der Waals surface area (Å²) in [6.07, 6.45) is 1.55. The van der Waals surface area contributed by atoms with Crippen LogP contribution >= 0.6 is 0 Å². The van der Waals surface area contributed by atoms with E-state index in [1.165, 1.54) is 4.90 Å². The van der Waals surface area contributed by atoms with Crippen LogP contribution in [-0.4, -0.2) is 72.3 Å². The molecule has 4 rings (SSSR count). The fraction of sp³-hybridized carbons (Fsp3) is 0.591. The Balaban J connectivity index is 1.62. The number of aliphatic hydroxyl groups excluding tert-OH is 1. The van der Waals surface area contributed by atoms with Gasteiger partial charge in [-0.05, 0) is 43.5 Å². The molecule has 3 N–H and O–H groups in total. The quantitative estimate of drug-likeness (QED) is 0.553. The second kappa shape index (κ2) is 8.47. The molecule has 3 aliphatic rings. The smallest absolute Gasteiger partial charge is 0.250 e. The molecule has 0 radical (unpaired) electrons. The molecule has 0 saturated carbocycles. The molecule has 9 heteroatoms. The molecule has 5 atom stereocenters. The molecule has 0 aromatic heterocycles. The first kappa shape index (κ1) is 21.6. The van der Waals surface area contributed by atoms with Crippen molar-refractivity contribution < 1.29 is 29.0 Å². The number of carbonyl (C=O) groups excluding carboxylic acids is 3. The van der Waals surface area contributed by atoms with Gasteiger partial charge in [0.1, 0.15) is 17.4 Å². The minimum Gasteiger partial charge on any atom is -0.497 e. The zero-order chi connectivity index (χ0) is 22.2. The van der Waals surface area contributed by atoms with Crippen LogP contribution in [-0.2, 0) is 19.1 Å². The number of likely N-dealkylation sites (tertiary alicyclic amines) is 1. The number of β-amino-alcohol motifs (C(OH)–C–C–N with tert-alkyl or cyclic N) is 1. The topological polar surface area (TPSA) is 117 Å². The number of rotatable bonds is 8. The number of hydrogen-bond donors (Lipinski definition) is 3. The van der Waals surface area contributed by atoms with Crippen LogP contribution in [0.1, 0.15) is 26.2 Å². The lowest BCUT2D eigenvalue weighted by Gasteiger charge is -2.33. The summed E-state index contributed by atoms with van der Waals surface area (Å²) in [7, 11) is 1.56. The maximum atomic E-state index is 13.4. The Labute approximate surface area is 181 Å². The van der Waals surface area contributed by atoms with Gasteiger partial charge in [-0.1, -0.05) is 6.92 Å². The summed E-state index contributed by atoms with van der Waals surface area (Å²) in [5.41, 5.74) is -0.492. The van der Waals surface area contributed by atoms with Gasteiger partial charge in [0, 0.05) is 18.8 Å². The number of aliphatic hydroxyl groups is 1. The summed E-state index contributed by atoms with van der Waals surface area (Å²) in [6, 6.07) is 5.98. The van der Waals surface area contributed by atoms with E-state index in [0.717, 1.165) is 6.42 Å². The molecule has 31 heavy (non-hydrogen) atoms.